The van der Waals surface area contributed by atoms with E-state index < -0.39 is 5.97 Å². The van der Waals surface area contributed by atoms with Crippen molar-refractivity contribution in [3.05, 3.63) is 28.5 Å². The number of carbonyl (C=O) groups is 1. The number of aromatic nitrogens is 4. The first-order valence-electron chi connectivity index (χ1n) is 5.51. The lowest BCUT2D eigenvalue weighted by atomic mass is 10.2. The third kappa shape index (κ3) is 3.34. The van der Waals surface area contributed by atoms with Crippen molar-refractivity contribution >= 4 is 21.9 Å². The van der Waals surface area contributed by atoms with Crippen LogP contribution in [0.3, 0.4) is 0 Å². The minimum atomic E-state index is -0.862. The van der Waals surface area contributed by atoms with Gasteiger partial charge in [0.1, 0.15) is 5.82 Å². The predicted octanol–water partition coefficient (Wildman–Crippen LogP) is 2.11. The summed E-state index contributed by atoms with van der Waals surface area (Å²) in [7, 11) is 0. The fourth-order valence-corrected chi connectivity index (χ4v) is 1.96. The molecule has 6 nitrogen and oxygen atoms in total. The van der Waals surface area contributed by atoms with Gasteiger partial charge < -0.3 is 5.11 Å². The van der Waals surface area contributed by atoms with Gasteiger partial charge in [-0.3, -0.25) is 4.79 Å². The van der Waals surface area contributed by atoms with E-state index >= 15 is 0 Å². The van der Waals surface area contributed by atoms with Crippen LogP contribution in [0.15, 0.2) is 22.7 Å². The Labute approximate surface area is 116 Å². The van der Waals surface area contributed by atoms with Gasteiger partial charge in [-0.1, -0.05) is 0 Å². The molecule has 2 aromatic rings. The summed E-state index contributed by atoms with van der Waals surface area (Å²) in [4.78, 5) is 10.5. The summed E-state index contributed by atoms with van der Waals surface area (Å²) in [5.41, 5.74) is 0.661. The van der Waals surface area contributed by atoms with Crippen LogP contribution in [0.5, 0.6) is 0 Å². The van der Waals surface area contributed by atoms with Gasteiger partial charge in [-0.2, -0.15) is 0 Å². The van der Waals surface area contributed by atoms with Gasteiger partial charge >= 0.3 is 5.97 Å². The normalized spacial score (nSPS) is 10.6. The molecule has 0 radical (unpaired) electrons. The number of carboxylic acids is 1. The van der Waals surface area contributed by atoms with E-state index in [1.807, 2.05) is 0 Å². The Hall–Kier alpha value is -1.83. The number of benzene rings is 1. The Bertz CT molecular complexity index is 602. The van der Waals surface area contributed by atoms with Crippen LogP contribution in [-0.2, 0) is 11.3 Å². The summed E-state index contributed by atoms with van der Waals surface area (Å²) in [5, 5.41) is 19.8. The number of halogens is 2. The van der Waals surface area contributed by atoms with E-state index in [0.717, 1.165) is 0 Å². The molecule has 1 N–H and O–H groups in total. The molecule has 0 aliphatic rings. The molecule has 2 rings (SSSR count). The number of rotatable bonds is 5. The third-order valence-corrected chi connectivity index (χ3v) is 3.08. The Morgan fingerprint density at radius 1 is 1.47 bits per heavy atom. The highest BCUT2D eigenvalue weighted by molar-refractivity contribution is 9.10. The van der Waals surface area contributed by atoms with Gasteiger partial charge in [0, 0.05) is 18.5 Å². The van der Waals surface area contributed by atoms with Gasteiger partial charge in [-0.05, 0) is 51.0 Å². The van der Waals surface area contributed by atoms with Crippen molar-refractivity contribution in [2.24, 2.45) is 0 Å². The van der Waals surface area contributed by atoms with Crippen LogP contribution in [0.4, 0.5) is 4.39 Å². The second kappa shape index (κ2) is 5.87. The lowest BCUT2D eigenvalue weighted by Crippen LogP contribution is -2.05. The van der Waals surface area contributed by atoms with Crippen molar-refractivity contribution in [1.29, 1.82) is 0 Å². The fraction of sp³-hybridized carbons (Fsp3) is 0.273. The van der Waals surface area contributed by atoms with E-state index in [2.05, 4.69) is 31.5 Å². The molecule has 19 heavy (non-hydrogen) atoms. The van der Waals surface area contributed by atoms with Gasteiger partial charge in [0.05, 0.1) is 4.47 Å². The summed E-state index contributed by atoms with van der Waals surface area (Å²) in [6.07, 6.45) is 0.474. The standard InChI is InChI=1S/C11H10BrFN4O2/c12-8-6-7(3-4-9(8)13)11-14-15-16-17(11)5-1-2-10(18)19/h3-4,6H,1-2,5H2,(H,18,19). The van der Waals surface area contributed by atoms with Crippen LogP contribution in [0, 0.1) is 5.82 Å². The molecular weight excluding hydrogens is 319 g/mol. The van der Waals surface area contributed by atoms with Crippen molar-refractivity contribution < 1.29 is 14.3 Å². The number of nitrogens with zero attached hydrogens (tertiary/aromatic N) is 4. The topological polar surface area (TPSA) is 80.9 Å². The molecule has 1 aromatic heterocycles. The molecule has 0 amide bonds. The maximum Gasteiger partial charge on any atom is 0.303 e. The van der Waals surface area contributed by atoms with E-state index in [0.29, 0.717) is 28.8 Å². The molecule has 100 valence electrons. The molecule has 0 atom stereocenters. The van der Waals surface area contributed by atoms with Crippen LogP contribution in [0.1, 0.15) is 12.8 Å². The molecule has 0 spiro atoms. The smallest absolute Gasteiger partial charge is 0.303 e. The number of tetrazole rings is 1. The molecule has 0 aliphatic carbocycles. The maximum absolute atomic E-state index is 13.2. The molecule has 1 heterocycles. The Kier molecular flexibility index (Phi) is 4.20. The number of carboxylic acid groups (broad SMARTS) is 1. The molecule has 0 fully saturated rings. The van der Waals surface area contributed by atoms with E-state index in [1.54, 1.807) is 12.1 Å². The molecule has 0 aliphatic heterocycles. The Morgan fingerprint density at radius 3 is 2.95 bits per heavy atom. The lowest BCUT2D eigenvalue weighted by Gasteiger charge is -2.04. The van der Waals surface area contributed by atoms with E-state index in [1.165, 1.54) is 10.7 Å². The van der Waals surface area contributed by atoms with Gasteiger partial charge in [-0.25, -0.2) is 9.07 Å². The van der Waals surface area contributed by atoms with Gasteiger partial charge in [0.25, 0.3) is 0 Å². The molecule has 0 saturated heterocycles. The van der Waals surface area contributed by atoms with Crippen molar-refractivity contribution in [1.82, 2.24) is 20.2 Å². The molecule has 0 saturated carbocycles. The fourth-order valence-electron chi connectivity index (χ4n) is 1.58. The minimum Gasteiger partial charge on any atom is -0.481 e. The second-order valence-corrected chi connectivity index (χ2v) is 4.71. The Morgan fingerprint density at radius 2 is 2.26 bits per heavy atom. The molecule has 8 heteroatoms. The molecule has 1 aromatic carbocycles. The summed E-state index contributed by atoms with van der Waals surface area (Å²) < 4.78 is 15.0. The summed E-state index contributed by atoms with van der Waals surface area (Å²) in [5.74, 6) is -0.751. The number of aryl methyl sites for hydroxylation is 1. The first-order valence-corrected chi connectivity index (χ1v) is 6.30. The maximum atomic E-state index is 13.2. The molecule has 0 unspecified atom stereocenters. The number of hydrogen-bond donors (Lipinski definition) is 1. The number of hydrogen-bond acceptors (Lipinski definition) is 4. The zero-order valence-corrected chi connectivity index (χ0v) is 11.3. The number of aliphatic carboxylic acids is 1. The zero-order valence-electron chi connectivity index (χ0n) is 9.75. The van der Waals surface area contributed by atoms with Crippen molar-refractivity contribution in [3.8, 4) is 11.4 Å². The highest BCUT2D eigenvalue weighted by Gasteiger charge is 2.11. The predicted molar refractivity (Wildman–Crippen MR) is 67.8 cm³/mol. The monoisotopic (exact) mass is 328 g/mol. The summed E-state index contributed by atoms with van der Waals surface area (Å²) in [6.45, 7) is 0.392. The van der Waals surface area contributed by atoms with Crippen molar-refractivity contribution in [3.63, 3.8) is 0 Å². The minimum absolute atomic E-state index is 0.0480. The molecule has 0 bridgehead atoms. The average Bonchev–Trinajstić information content (AvgIpc) is 2.80. The zero-order chi connectivity index (χ0) is 13.8. The lowest BCUT2D eigenvalue weighted by molar-refractivity contribution is -0.137. The van der Waals surface area contributed by atoms with Crippen molar-refractivity contribution in [2.45, 2.75) is 19.4 Å². The van der Waals surface area contributed by atoms with Gasteiger partial charge in [0.2, 0.25) is 0 Å². The van der Waals surface area contributed by atoms with Crippen molar-refractivity contribution in [2.75, 3.05) is 0 Å². The average molecular weight is 329 g/mol. The van der Waals surface area contributed by atoms with E-state index in [4.69, 9.17) is 5.11 Å². The van der Waals surface area contributed by atoms with Gasteiger partial charge in [-0.15, -0.1) is 5.10 Å². The van der Waals surface area contributed by atoms with Crippen LogP contribution in [-0.4, -0.2) is 31.3 Å². The molecular formula is C11H10BrFN4O2. The van der Waals surface area contributed by atoms with Crippen LogP contribution >= 0.6 is 15.9 Å². The van der Waals surface area contributed by atoms with E-state index in [-0.39, 0.29) is 12.2 Å². The second-order valence-electron chi connectivity index (χ2n) is 3.85. The quantitative estimate of drug-likeness (QED) is 0.909. The first-order chi connectivity index (χ1) is 9.08. The first kappa shape index (κ1) is 13.6. The Balaban J connectivity index is 2.18. The van der Waals surface area contributed by atoms with Crippen LogP contribution < -0.4 is 0 Å². The third-order valence-electron chi connectivity index (χ3n) is 2.47. The highest BCUT2D eigenvalue weighted by atomic mass is 79.9. The van der Waals surface area contributed by atoms with Gasteiger partial charge in [0.15, 0.2) is 5.82 Å². The summed E-state index contributed by atoms with van der Waals surface area (Å²) in [6, 6.07) is 4.46. The van der Waals surface area contributed by atoms with E-state index in [9.17, 15) is 9.18 Å². The largest absolute Gasteiger partial charge is 0.481 e. The highest BCUT2D eigenvalue weighted by Crippen LogP contribution is 2.23. The van der Waals surface area contributed by atoms with Crippen LogP contribution in [0.25, 0.3) is 11.4 Å². The summed E-state index contributed by atoms with van der Waals surface area (Å²) >= 11 is 3.10. The SMILES string of the molecule is O=C(O)CCCn1nnnc1-c1ccc(F)c(Br)c1. The van der Waals surface area contributed by atoms with Crippen LogP contribution in [0.2, 0.25) is 0 Å².